The van der Waals surface area contributed by atoms with Crippen LogP contribution in [0.25, 0.3) is 11.1 Å². The Kier molecular flexibility index (Phi) is 3.74. The molecule has 1 aliphatic rings. The number of nitrogens with zero attached hydrogens (tertiary/aromatic N) is 4. The molecule has 6 nitrogen and oxygen atoms in total. The first-order valence-corrected chi connectivity index (χ1v) is 8.58. The second-order valence-corrected chi connectivity index (χ2v) is 6.70. The summed E-state index contributed by atoms with van der Waals surface area (Å²) in [6, 6.07) is 17.9. The van der Waals surface area contributed by atoms with Gasteiger partial charge in [-0.2, -0.15) is 5.26 Å². The van der Waals surface area contributed by atoms with Crippen LogP contribution in [0, 0.1) is 11.3 Å². The van der Waals surface area contributed by atoms with Crippen molar-refractivity contribution in [3.05, 3.63) is 86.1 Å². The molecule has 134 valence electrons. The van der Waals surface area contributed by atoms with E-state index in [0.29, 0.717) is 5.82 Å². The van der Waals surface area contributed by atoms with E-state index in [9.17, 15) is 14.9 Å². The van der Waals surface area contributed by atoms with Crippen molar-refractivity contribution >= 4 is 5.82 Å². The lowest BCUT2D eigenvalue weighted by atomic mass is 10.0. The van der Waals surface area contributed by atoms with E-state index in [1.807, 2.05) is 54.4 Å². The summed E-state index contributed by atoms with van der Waals surface area (Å²) >= 11 is 0. The van der Waals surface area contributed by atoms with Crippen LogP contribution in [0.15, 0.2) is 58.1 Å². The lowest BCUT2D eigenvalue weighted by Gasteiger charge is -2.30. The van der Waals surface area contributed by atoms with E-state index in [1.165, 1.54) is 11.6 Å². The molecule has 0 spiro atoms. The highest BCUT2D eigenvalue weighted by Gasteiger charge is 2.33. The van der Waals surface area contributed by atoms with Crippen LogP contribution in [0.1, 0.15) is 22.7 Å². The molecular formula is C21H18N4O2. The molecule has 1 aromatic heterocycles. The average Bonchev–Trinajstić information content (AvgIpc) is 3.03. The highest BCUT2D eigenvalue weighted by molar-refractivity contribution is 5.80. The number of hydrogen-bond acceptors (Lipinski definition) is 4. The van der Waals surface area contributed by atoms with Gasteiger partial charge in [0.1, 0.15) is 11.9 Å². The van der Waals surface area contributed by atoms with Crippen molar-refractivity contribution in [2.75, 3.05) is 11.9 Å². The van der Waals surface area contributed by atoms with E-state index in [-0.39, 0.29) is 11.6 Å². The molecule has 0 unspecified atom stereocenters. The van der Waals surface area contributed by atoms with E-state index in [2.05, 4.69) is 12.1 Å². The maximum Gasteiger partial charge on any atom is 0.332 e. The minimum atomic E-state index is -0.581. The minimum absolute atomic E-state index is 0.0380. The molecule has 0 atom stereocenters. The Morgan fingerprint density at radius 1 is 0.926 bits per heavy atom. The predicted octanol–water partition coefficient (Wildman–Crippen LogP) is 2.16. The van der Waals surface area contributed by atoms with Gasteiger partial charge in [0.15, 0.2) is 5.56 Å². The quantitative estimate of drug-likeness (QED) is 0.704. The number of anilines is 1. The van der Waals surface area contributed by atoms with Gasteiger partial charge in [-0.15, -0.1) is 0 Å². The van der Waals surface area contributed by atoms with Gasteiger partial charge in [-0.1, -0.05) is 48.5 Å². The molecular weight excluding hydrogens is 340 g/mol. The summed E-state index contributed by atoms with van der Waals surface area (Å²) in [5.41, 5.74) is 3.33. The summed E-state index contributed by atoms with van der Waals surface area (Å²) < 4.78 is 2.33. The highest BCUT2D eigenvalue weighted by atomic mass is 16.2. The third-order valence-corrected chi connectivity index (χ3v) is 5.27. The predicted molar refractivity (Wildman–Crippen MR) is 104 cm³/mol. The van der Waals surface area contributed by atoms with E-state index in [4.69, 9.17) is 0 Å². The van der Waals surface area contributed by atoms with E-state index in [1.54, 1.807) is 7.05 Å². The van der Waals surface area contributed by atoms with Gasteiger partial charge in [-0.25, -0.2) is 4.79 Å². The van der Waals surface area contributed by atoms with Crippen molar-refractivity contribution in [2.24, 2.45) is 14.1 Å². The van der Waals surface area contributed by atoms with Crippen LogP contribution in [0.2, 0.25) is 0 Å². The third kappa shape index (κ3) is 2.25. The van der Waals surface area contributed by atoms with Crippen LogP contribution in [0.5, 0.6) is 0 Å². The topological polar surface area (TPSA) is 71.0 Å². The van der Waals surface area contributed by atoms with Crippen molar-refractivity contribution < 1.29 is 0 Å². The van der Waals surface area contributed by atoms with Crippen molar-refractivity contribution in [1.29, 1.82) is 5.26 Å². The van der Waals surface area contributed by atoms with Gasteiger partial charge in [-0.05, 0) is 22.3 Å². The second kappa shape index (κ2) is 5.99. The molecule has 3 aromatic rings. The summed E-state index contributed by atoms with van der Waals surface area (Å²) in [5, 5.41) is 9.62. The first-order valence-electron chi connectivity index (χ1n) is 8.58. The maximum atomic E-state index is 12.5. The standard InChI is InChI=1S/C21H18N4O2/c1-23(19-17(12-22)20(26)25(3)21(27)24(19)2)18-15-10-6-4-8-13(15)14-9-5-7-11-16(14)18/h4-11,18H,1-3H3. The number of hydrogen-bond donors (Lipinski definition) is 0. The lowest BCUT2D eigenvalue weighted by molar-refractivity contribution is 0.653. The molecule has 4 rings (SSSR count). The lowest BCUT2D eigenvalue weighted by Crippen LogP contribution is -2.42. The van der Waals surface area contributed by atoms with Gasteiger partial charge in [-0.3, -0.25) is 13.9 Å². The fourth-order valence-electron chi connectivity index (χ4n) is 4.01. The molecule has 6 heteroatoms. The molecule has 0 amide bonds. The Hall–Kier alpha value is -3.59. The van der Waals surface area contributed by atoms with Crippen molar-refractivity contribution in [2.45, 2.75) is 6.04 Å². The zero-order chi connectivity index (χ0) is 19.3. The fraction of sp³-hybridized carbons (Fsp3) is 0.190. The third-order valence-electron chi connectivity index (χ3n) is 5.27. The Morgan fingerprint density at radius 3 is 1.96 bits per heavy atom. The van der Waals surface area contributed by atoms with Gasteiger partial charge in [0, 0.05) is 21.1 Å². The van der Waals surface area contributed by atoms with Crippen molar-refractivity contribution in [3.63, 3.8) is 0 Å². The largest absolute Gasteiger partial charge is 0.348 e. The van der Waals surface area contributed by atoms with Crippen molar-refractivity contribution in [3.8, 4) is 17.2 Å². The van der Waals surface area contributed by atoms with Crippen LogP contribution >= 0.6 is 0 Å². The molecule has 0 saturated heterocycles. The van der Waals surface area contributed by atoms with Gasteiger partial charge >= 0.3 is 5.69 Å². The molecule has 0 N–H and O–H groups in total. The molecule has 0 radical (unpaired) electrons. The molecule has 2 aromatic carbocycles. The van der Waals surface area contributed by atoms with Crippen LogP contribution in [0.4, 0.5) is 5.82 Å². The Bertz CT molecular complexity index is 1180. The van der Waals surface area contributed by atoms with Gasteiger partial charge < -0.3 is 4.90 Å². The number of rotatable bonds is 2. The summed E-state index contributed by atoms with van der Waals surface area (Å²) in [4.78, 5) is 26.8. The number of aromatic nitrogens is 2. The average molecular weight is 358 g/mol. The monoisotopic (exact) mass is 358 g/mol. The molecule has 0 aliphatic heterocycles. The molecule has 27 heavy (non-hydrogen) atoms. The highest BCUT2D eigenvalue weighted by Crippen LogP contribution is 2.46. The smallest absolute Gasteiger partial charge is 0.332 e. The van der Waals surface area contributed by atoms with Crippen LogP contribution in [-0.2, 0) is 14.1 Å². The second-order valence-electron chi connectivity index (χ2n) is 6.70. The Labute approximate surface area is 156 Å². The van der Waals surface area contributed by atoms with Gasteiger partial charge in [0.05, 0.1) is 6.04 Å². The minimum Gasteiger partial charge on any atom is -0.348 e. The Balaban J connectivity index is 2.01. The summed E-state index contributed by atoms with van der Waals surface area (Å²) in [6.07, 6.45) is 0. The van der Waals surface area contributed by atoms with Crippen LogP contribution < -0.4 is 16.1 Å². The van der Waals surface area contributed by atoms with E-state index >= 15 is 0 Å². The van der Waals surface area contributed by atoms with Crippen LogP contribution in [-0.4, -0.2) is 16.2 Å². The molecule has 0 bridgehead atoms. The number of fused-ring (bicyclic) bond motifs is 3. The van der Waals surface area contributed by atoms with Crippen LogP contribution in [0.3, 0.4) is 0 Å². The van der Waals surface area contributed by atoms with Crippen molar-refractivity contribution in [1.82, 2.24) is 9.13 Å². The van der Waals surface area contributed by atoms with E-state index < -0.39 is 11.2 Å². The van der Waals surface area contributed by atoms with E-state index in [0.717, 1.165) is 26.8 Å². The summed E-state index contributed by atoms with van der Waals surface area (Å²) in [7, 11) is 4.79. The zero-order valence-corrected chi connectivity index (χ0v) is 15.3. The number of nitriles is 1. The molecule has 0 saturated carbocycles. The fourth-order valence-corrected chi connectivity index (χ4v) is 4.01. The summed E-state index contributed by atoms with van der Waals surface area (Å²) in [5.74, 6) is 0.321. The zero-order valence-electron chi connectivity index (χ0n) is 15.3. The maximum absolute atomic E-state index is 12.5. The van der Waals surface area contributed by atoms with Gasteiger partial charge in [0.25, 0.3) is 5.56 Å². The number of benzene rings is 2. The Morgan fingerprint density at radius 2 is 1.44 bits per heavy atom. The molecule has 1 aliphatic carbocycles. The summed E-state index contributed by atoms with van der Waals surface area (Å²) in [6.45, 7) is 0. The molecule has 1 heterocycles. The SMILES string of the molecule is CN(c1c(C#N)c(=O)n(C)c(=O)n1C)C1c2ccccc2-c2ccccc21. The molecule has 0 fully saturated rings. The van der Waals surface area contributed by atoms with Gasteiger partial charge in [0.2, 0.25) is 0 Å². The first-order chi connectivity index (χ1) is 13.0. The first kappa shape index (κ1) is 16.9. The normalized spacial score (nSPS) is 12.4.